The molecule has 1 aromatic carbocycles. The van der Waals surface area contributed by atoms with Gasteiger partial charge in [-0.2, -0.15) is 12.6 Å². The number of thiol groups is 1. The second-order valence-corrected chi connectivity index (χ2v) is 4.35. The highest BCUT2D eigenvalue weighted by molar-refractivity contribution is 7.80. The quantitative estimate of drug-likeness (QED) is 0.571. The van der Waals surface area contributed by atoms with E-state index in [9.17, 15) is 0 Å². The molecule has 0 heterocycles. The van der Waals surface area contributed by atoms with Crippen molar-refractivity contribution in [3.05, 3.63) is 29.3 Å². The van der Waals surface area contributed by atoms with Crippen molar-refractivity contribution < 1.29 is 4.74 Å². The maximum Gasteiger partial charge on any atom is 0.122 e. The van der Waals surface area contributed by atoms with E-state index < -0.39 is 0 Å². The van der Waals surface area contributed by atoms with Gasteiger partial charge >= 0.3 is 0 Å². The van der Waals surface area contributed by atoms with Gasteiger partial charge in [0.25, 0.3) is 0 Å². The Bertz CT molecular complexity index is 297. The van der Waals surface area contributed by atoms with Crippen LogP contribution in [-0.2, 0) is 0 Å². The lowest BCUT2D eigenvalue weighted by Gasteiger charge is -2.09. The van der Waals surface area contributed by atoms with Crippen molar-refractivity contribution in [3.8, 4) is 5.75 Å². The minimum Gasteiger partial charge on any atom is -0.493 e. The maximum atomic E-state index is 5.71. The van der Waals surface area contributed by atoms with Crippen LogP contribution in [0.4, 0.5) is 0 Å². The third-order valence-electron chi connectivity index (χ3n) is 2.39. The van der Waals surface area contributed by atoms with Gasteiger partial charge in [0.2, 0.25) is 0 Å². The molecule has 0 aliphatic heterocycles. The van der Waals surface area contributed by atoms with E-state index in [1.54, 1.807) is 0 Å². The van der Waals surface area contributed by atoms with E-state index in [1.807, 2.05) is 0 Å². The molecule has 0 fully saturated rings. The average Bonchev–Trinajstić information content (AvgIpc) is 2.20. The molecule has 84 valence electrons. The fraction of sp³-hybridized carbons (Fsp3) is 0.538. The van der Waals surface area contributed by atoms with Crippen molar-refractivity contribution in [2.45, 2.75) is 33.1 Å². The van der Waals surface area contributed by atoms with Crippen LogP contribution in [-0.4, -0.2) is 12.4 Å². The van der Waals surface area contributed by atoms with Crippen molar-refractivity contribution in [2.24, 2.45) is 0 Å². The zero-order chi connectivity index (χ0) is 11.1. The molecule has 0 radical (unpaired) electrons. The van der Waals surface area contributed by atoms with Crippen LogP contribution in [0.3, 0.4) is 0 Å². The summed E-state index contributed by atoms with van der Waals surface area (Å²) in [6.45, 7) is 5.01. The summed E-state index contributed by atoms with van der Waals surface area (Å²) in [7, 11) is 0. The number of rotatable bonds is 6. The van der Waals surface area contributed by atoms with Crippen LogP contribution < -0.4 is 4.74 Å². The van der Waals surface area contributed by atoms with Gasteiger partial charge in [0.15, 0.2) is 0 Å². The molecule has 1 rings (SSSR count). The first kappa shape index (κ1) is 12.4. The molecule has 0 aromatic heterocycles. The van der Waals surface area contributed by atoms with E-state index in [0.29, 0.717) is 0 Å². The van der Waals surface area contributed by atoms with Gasteiger partial charge in [-0.25, -0.2) is 0 Å². The molecule has 0 saturated heterocycles. The van der Waals surface area contributed by atoms with Crippen LogP contribution >= 0.6 is 12.6 Å². The van der Waals surface area contributed by atoms with E-state index in [4.69, 9.17) is 4.74 Å². The molecule has 0 unspecified atom stereocenters. The van der Waals surface area contributed by atoms with E-state index in [1.165, 1.54) is 24.0 Å². The topological polar surface area (TPSA) is 9.23 Å². The van der Waals surface area contributed by atoms with Crippen molar-refractivity contribution >= 4 is 12.6 Å². The summed E-state index contributed by atoms with van der Waals surface area (Å²) in [5, 5.41) is 0. The summed E-state index contributed by atoms with van der Waals surface area (Å²) in [6, 6.07) is 6.31. The Hall–Kier alpha value is -0.630. The number of ether oxygens (including phenoxy) is 1. The minimum absolute atomic E-state index is 0.817. The molecule has 0 aliphatic rings. The molecule has 0 saturated carbocycles. The largest absolute Gasteiger partial charge is 0.493 e. The molecule has 0 spiro atoms. The Balaban J connectivity index is 2.31. The molecule has 0 amide bonds. The van der Waals surface area contributed by atoms with E-state index in [2.05, 4.69) is 44.7 Å². The maximum absolute atomic E-state index is 5.71. The Morgan fingerprint density at radius 2 is 1.93 bits per heavy atom. The second-order valence-electron chi connectivity index (χ2n) is 3.90. The monoisotopic (exact) mass is 224 g/mol. The molecule has 15 heavy (non-hydrogen) atoms. The highest BCUT2D eigenvalue weighted by atomic mass is 32.1. The third-order valence-corrected chi connectivity index (χ3v) is 2.71. The second kappa shape index (κ2) is 6.78. The lowest BCUT2D eigenvalue weighted by molar-refractivity contribution is 0.304. The standard InChI is InChI=1S/C13H20OS/c1-11-6-7-13(12(2)10-11)14-8-4-3-5-9-15/h6-7,10,15H,3-5,8-9H2,1-2H3. The molecular formula is C13H20OS. The van der Waals surface area contributed by atoms with Crippen LogP contribution in [0.1, 0.15) is 30.4 Å². The van der Waals surface area contributed by atoms with Gasteiger partial charge in [0, 0.05) is 0 Å². The van der Waals surface area contributed by atoms with E-state index >= 15 is 0 Å². The fourth-order valence-electron chi connectivity index (χ4n) is 1.53. The van der Waals surface area contributed by atoms with Crippen molar-refractivity contribution in [1.29, 1.82) is 0 Å². The molecule has 0 N–H and O–H groups in total. The molecule has 0 bridgehead atoms. The zero-order valence-electron chi connectivity index (χ0n) is 9.62. The normalized spacial score (nSPS) is 10.3. The first-order chi connectivity index (χ1) is 7.24. The number of unbranched alkanes of at least 4 members (excludes halogenated alkanes) is 2. The molecule has 0 aliphatic carbocycles. The Kier molecular flexibility index (Phi) is 5.62. The summed E-state index contributed by atoms with van der Waals surface area (Å²) in [4.78, 5) is 0. The fourth-order valence-corrected chi connectivity index (χ4v) is 1.76. The Morgan fingerprint density at radius 1 is 1.13 bits per heavy atom. The number of hydrogen-bond acceptors (Lipinski definition) is 2. The number of hydrogen-bond donors (Lipinski definition) is 1. The van der Waals surface area contributed by atoms with Gasteiger partial charge in [-0.3, -0.25) is 0 Å². The van der Waals surface area contributed by atoms with Crippen molar-refractivity contribution in [1.82, 2.24) is 0 Å². The summed E-state index contributed by atoms with van der Waals surface area (Å²) in [5.41, 5.74) is 2.51. The highest BCUT2D eigenvalue weighted by Gasteiger charge is 1.98. The lowest BCUT2D eigenvalue weighted by Crippen LogP contribution is -1.99. The zero-order valence-corrected chi connectivity index (χ0v) is 10.5. The molecular weight excluding hydrogens is 204 g/mol. The summed E-state index contributed by atoms with van der Waals surface area (Å²) in [5.74, 6) is 2.00. The molecule has 2 heteroatoms. The average molecular weight is 224 g/mol. The highest BCUT2D eigenvalue weighted by Crippen LogP contribution is 2.18. The van der Waals surface area contributed by atoms with Gasteiger partial charge in [0.05, 0.1) is 6.61 Å². The van der Waals surface area contributed by atoms with Gasteiger partial charge in [-0.15, -0.1) is 0 Å². The van der Waals surface area contributed by atoms with Crippen LogP contribution in [0.15, 0.2) is 18.2 Å². The summed E-state index contributed by atoms with van der Waals surface area (Å²) < 4.78 is 5.71. The van der Waals surface area contributed by atoms with Gasteiger partial charge in [-0.05, 0) is 50.5 Å². The SMILES string of the molecule is Cc1ccc(OCCCCCS)c(C)c1. The van der Waals surface area contributed by atoms with E-state index in [-0.39, 0.29) is 0 Å². The number of benzene rings is 1. The van der Waals surface area contributed by atoms with Crippen LogP contribution in [0.25, 0.3) is 0 Å². The van der Waals surface area contributed by atoms with Crippen molar-refractivity contribution in [3.63, 3.8) is 0 Å². The molecule has 0 atom stereocenters. The van der Waals surface area contributed by atoms with E-state index in [0.717, 1.165) is 24.5 Å². The first-order valence-electron chi connectivity index (χ1n) is 5.55. The predicted octanol–water partition coefficient (Wildman–Crippen LogP) is 3.78. The van der Waals surface area contributed by atoms with Gasteiger partial charge in [-0.1, -0.05) is 17.7 Å². The molecule has 1 nitrogen and oxygen atoms in total. The van der Waals surface area contributed by atoms with Gasteiger partial charge < -0.3 is 4.74 Å². The van der Waals surface area contributed by atoms with Crippen molar-refractivity contribution in [2.75, 3.05) is 12.4 Å². The van der Waals surface area contributed by atoms with Crippen LogP contribution in [0.2, 0.25) is 0 Å². The molecule has 1 aromatic rings. The lowest BCUT2D eigenvalue weighted by atomic mass is 10.1. The summed E-state index contributed by atoms with van der Waals surface area (Å²) >= 11 is 4.18. The van der Waals surface area contributed by atoms with Crippen LogP contribution in [0.5, 0.6) is 5.75 Å². The predicted molar refractivity (Wildman–Crippen MR) is 69.1 cm³/mol. The minimum atomic E-state index is 0.817. The third kappa shape index (κ3) is 4.61. The summed E-state index contributed by atoms with van der Waals surface area (Å²) in [6.07, 6.45) is 3.50. The smallest absolute Gasteiger partial charge is 0.122 e. The number of aryl methyl sites for hydroxylation is 2. The Labute approximate surface area is 98.3 Å². The van der Waals surface area contributed by atoms with Crippen LogP contribution in [0, 0.1) is 13.8 Å². The van der Waals surface area contributed by atoms with Gasteiger partial charge in [0.1, 0.15) is 5.75 Å². The first-order valence-corrected chi connectivity index (χ1v) is 6.18. The Morgan fingerprint density at radius 3 is 2.60 bits per heavy atom.